The molecule has 0 bridgehead atoms. The number of nitriles is 1. The lowest BCUT2D eigenvalue weighted by Crippen LogP contribution is -2.23. The van der Waals surface area contributed by atoms with Gasteiger partial charge in [-0.25, -0.2) is 0 Å². The topological polar surface area (TPSA) is 61.2 Å². The molecule has 1 amide bonds. The molecule has 0 unspecified atom stereocenters. The van der Waals surface area contributed by atoms with E-state index in [4.69, 9.17) is 5.26 Å². The summed E-state index contributed by atoms with van der Waals surface area (Å²) in [6.45, 7) is 0.706. The molecule has 0 saturated carbocycles. The molecule has 2 aromatic rings. The first kappa shape index (κ1) is 15.7. The number of allylic oxidation sites excluding steroid dienone is 1. The Labute approximate surface area is 140 Å². The predicted molar refractivity (Wildman–Crippen MR) is 92.6 cm³/mol. The number of amides is 1. The fraction of sp³-hybridized carbons (Fsp3) is 0.150. The highest BCUT2D eigenvalue weighted by atomic mass is 16.2. The van der Waals surface area contributed by atoms with Gasteiger partial charge in [0.1, 0.15) is 0 Å². The lowest BCUT2D eigenvalue weighted by atomic mass is 10.1. The van der Waals surface area contributed by atoms with Crippen molar-refractivity contribution in [1.82, 2.24) is 0 Å². The van der Waals surface area contributed by atoms with Crippen molar-refractivity contribution in [2.75, 3.05) is 11.4 Å². The van der Waals surface area contributed by atoms with Crippen molar-refractivity contribution >= 4 is 23.5 Å². The maximum atomic E-state index is 12.3. The van der Waals surface area contributed by atoms with Crippen LogP contribution in [0.4, 0.5) is 5.69 Å². The second-order valence-electron chi connectivity index (χ2n) is 5.63. The van der Waals surface area contributed by atoms with Crippen LogP contribution in [-0.4, -0.2) is 18.2 Å². The van der Waals surface area contributed by atoms with Gasteiger partial charge in [-0.05, 0) is 42.3 Å². The van der Waals surface area contributed by atoms with Crippen molar-refractivity contribution < 1.29 is 9.59 Å². The number of hydrogen-bond donors (Lipinski definition) is 0. The lowest BCUT2D eigenvalue weighted by molar-refractivity contribution is -0.117. The summed E-state index contributed by atoms with van der Waals surface area (Å²) >= 11 is 0. The third-order valence-corrected chi connectivity index (χ3v) is 3.98. The molecule has 1 heterocycles. The summed E-state index contributed by atoms with van der Waals surface area (Å²) in [4.78, 5) is 25.9. The summed E-state index contributed by atoms with van der Waals surface area (Å²) < 4.78 is 0. The molecule has 24 heavy (non-hydrogen) atoms. The summed E-state index contributed by atoms with van der Waals surface area (Å²) in [5, 5.41) is 8.78. The van der Waals surface area contributed by atoms with Crippen molar-refractivity contribution in [3.05, 3.63) is 71.3 Å². The highest BCUT2D eigenvalue weighted by Crippen LogP contribution is 2.22. The van der Waals surface area contributed by atoms with E-state index in [-0.39, 0.29) is 11.7 Å². The number of anilines is 1. The van der Waals surface area contributed by atoms with Crippen LogP contribution >= 0.6 is 0 Å². The molecular weight excluding hydrogens is 300 g/mol. The normalized spacial score (nSPS) is 14.1. The van der Waals surface area contributed by atoms with Gasteiger partial charge in [0.15, 0.2) is 5.78 Å². The van der Waals surface area contributed by atoms with Crippen LogP contribution in [0.2, 0.25) is 0 Å². The third-order valence-electron chi connectivity index (χ3n) is 3.98. The molecule has 0 atom stereocenters. The second-order valence-corrected chi connectivity index (χ2v) is 5.63. The van der Waals surface area contributed by atoms with Crippen LogP contribution in [0.25, 0.3) is 6.08 Å². The fourth-order valence-electron chi connectivity index (χ4n) is 2.69. The molecule has 0 aromatic heterocycles. The smallest absolute Gasteiger partial charge is 0.227 e. The van der Waals surface area contributed by atoms with Crippen molar-refractivity contribution in [1.29, 1.82) is 5.26 Å². The molecule has 1 aliphatic heterocycles. The van der Waals surface area contributed by atoms with E-state index in [9.17, 15) is 9.59 Å². The van der Waals surface area contributed by atoms with Crippen LogP contribution in [0.5, 0.6) is 0 Å². The van der Waals surface area contributed by atoms with Crippen LogP contribution in [0.1, 0.15) is 34.3 Å². The molecule has 1 fully saturated rings. The highest BCUT2D eigenvalue weighted by Gasteiger charge is 2.21. The van der Waals surface area contributed by atoms with E-state index in [1.807, 2.05) is 6.07 Å². The maximum Gasteiger partial charge on any atom is 0.227 e. The predicted octanol–water partition coefficient (Wildman–Crippen LogP) is 3.58. The Morgan fingerprint density at radius 1 is 1.17 bits per heavy atom. The number of hydrogen-bond acceptors (Lipinski definition) is 3. The summed E-state index contributed by atoms with van der Waals surface area (Å²) in [7, 11) is 0. The average Bonchev–Trinajstić information content (AvgIpc) is 3.06. The molecule has 4 heteroatoms. The van der Waals surface area contributed by atoms with Crippen molar-refractivity contribution in [2.24, 2.45) is 0 Å². The maximum absolute atomic E-state index is 12.3. The Kier molecular flexibility index (Phi) is 4.53. The van der Waals surface area contributed by atoms with Gasteiger partial charge < -0.3 is 4.90 Å². The highest BCUT2D eigenvalue weighted by molar-refractivity contribution is 6.08. The fourth-order valence-corrected chi connectivity index (χ4v) is 2.69. The number of carbonyl (C=O) groups excluding carboxylic acids is 2. The zero-order valence-corrected chi connectivity index (χ0v) is 13.1. The van der Waals surface area contributed by atoms with Gasteiger partial charge in [0, 0.05) is 24.2 Å². The number of nitrogens with zero attached hydrogens (tertiary/aromatic N) is 2. The average molecular weight is 316 g/mol. The van der Waals surface area contributed by atoms with Crippen LogP contribution in [0.15, 0.2) is 54.6 Å². The minimum Gasteiger partial charge on any atom is -0.312 e. The third kappa shape index (κ3) is 3.41. The van der Waals surface area contributed by atoms with Crippen molar-refractivity contribution in [2.45, 2.75) is 12.8 Å². The van der Waals surface area contributed by atoms with E-state index < -0.39 is 0 Å². The molecule has 0 aliphatic carbocycles. The number of carbonyl (C=O) groups is 2. The molecule has 118 valence electrons. The van der Waals surface area contributed by atoms with E-state index in [0.717, 1.165) is 17.7 Å². The van der Waals surface area contributed by atoms with Crippen LogP contribution < -0.4 is 4.90 Å². The SMILES string of the molecule is N#Cc1ccc(/C=C/C(=O)c2cccc(N3CCCC3=O)c2)cc1. The Balaban J connectivity index is 1.76. The molecule has 0 radical (unpaired) electrons. The monoisotopic (exact) mass is 316 g/mol. The zero-order chi connectivity index (χ0) is 16.9. The zero-order valence-electron chi connectivity index (χ0n) is 13.1. The van der Waals surface area contributed by atoms with Gasteiger partial charge in [0.25, 0.3) is 0 Å². The first-order chi connectivity index (χ1) is 11.7. The quantitative estimate of drug-likeness (QED) is 0.640. The summed E-state index contributed by atoms with van der Waals surface area (Å²) in [6.07, 6.45) is 4.65. The Bertz CT molecular complexity index is 845. The Morgan fingerprint density at radius 2 is 1.96 bits per heavy atom. The van der Waals surface area contributed by atoms with E-state index in [0.29, 0.717) is 24.1 Å². The Hall–Kier alpha value is -3.19. The summed E-state index contributed by atoms with van der Waals surface area (Å²) in [5.41, 5.74) is 2.77. The molecule has 0 N–H and O–H groups in total. The minimum absolute atomic E-state index is 0.104. The van der Waals surface area contributed by atoms with E-state index in [1.54, 1.807) is 53.4 Å². The number of benzene rings is 2. The van der Waals surface area contributed by atoms with Crippen LogP contribution in [0.3, 0.4) is 0 Å². The number of rotatable bonds is 4. The summed E-state index contributed by atoms with van der Waals surface area (Å²) in [6, 6.07) is 16.2. The van der Waals surface area contributed by atoms with Gasteiger partial charge in [-0.2, -0.15) is 5.26 Å². The van der Waals surface area contributed by atoms with Crippen molar-refractivity contribution in [3.63, 3.8) is 0 Å². The van der Waals surface area contributed by atoms with E-state index in [1.165, 1.54) is 6.08 Å². The molecule has 0 spiro atoms. The van der Waals surface area contributed by atoms with Gasteiger partial charge in [-0.1, -0.05) is 30.3 Å². The lowest BCUT2D eigenvalue weighted by Gasteiger charge is -2.16. The van der Waals surface area contributed by atoms with Crippen molar-refractivity contribution in [3.8, 4) is 6.07 Å². The molecule has 3 rings (SSSR count). The van der Waals surface area contributed by atoms with Gasteiger partial charge >= 0.3 is 0 Å². The first-order valence-electron chi connectivity index (χ1n) is 7.80. The van der Waals surface area contributed by atoms with Gasteiger partial charge in [-0.3, -0.25) is 9.59 Å². The Morgan fingerprint density at radius 3 is 2.62 bits per heavy atom. The second kappa shape index (κ2) is 6.93. The van der Waals surface area contributed by atoms with Gasteiger partial charge in [0.05, 0.1) is 11.6 Å². The number of ketones is 1. The van der Waals surface area contributed by atoms with Crippen LogP contribution in [-0.2, 0) is 4.79 Å². The minimum atomic E-state index is -0.118. The first-order valence-corrected chi connectivity index (χ1v) is 7.80. The molecule has 4 nitrogen and oxygen atoms in total. The largest absolute Gasteiger partial charge is 0.312 e. The summed E-state index contributed by atoms with van der Waals surface area (Å²) in [5.74, 6) is -0.0134. The van der Waals surface area contributed by atoms with E-state index >= 15 is 0 Å². The molecule has 1 saturated heterocycles. The van der Waals surface area contributed by atoms with Crippen LogP contribution in [0, 0.1) is 11.3 Å². The van der Waals surface area contributed by atoms with Gasteiger partial charge in [0.2, 0.25) is 5.91 Å². The molecule has 2 aromatic carbocycles. The molecular formula is C20H16N2O2. The van der Waals surface area contributed by atoms with Gasteiger partial charge in [-0.15, -0.1) is 0 Å². The standard InChI is InChI=1S/C20H16N2O2/c21-14-16-8-6-15(7-9-16)10-11-19(23)17-3-1-4-18(13-17)22-12-2-5-20(22)24/h1,3-4,6-11,13H,2,5,12H2/b11-10+. The van der Waals surface area contributed by atoms with E-state index in [2.05, 4.69) is 6.07 Å². The molecule has 1 aliphatic rings.